The van der Waals surface area contributed by atoms with Gasteiger partial charge in [0.25, 0.3) is 5.91 Å². The zero-order valence-electron chi connectivity index (χ0n) is 14.5. The quantitative estimate of drug-likeness (QED) is 0.827. The average molecular weight is 329 g/mol. The number of anilines is 1. The van der Waals surface area contributed by atoms with Crippen molar-refractivity contribution in [3.63, 3.8) is 0 Å². The van der Waals surface area contributed by atoms with Gasteiger partial charge in [-0.05, 0) is 25.8 Å². The summed E-state index contributed by atoms with van der Waals surface area (Å²) in [5, 5.41) is 6.99. The zero-order chi connectivity index (χ0) is 17.7. The Kier molecular flexibility index (Phi) is 5.73. The van der Waals surface area contributed by atoms with Crippen LogP contribution in [0, 0.1) is 13.8 Å². The molecule has 1 N–H and O–H groups in total. The fraction of sp³-hybridized carbons (Fsp3) is 0.389. The number of carbonyl (C=O) groups excluding carboxylic acids is 2. The predicted molar refractivity (Wildman–Crippen MR) is 91.7 cm³/mol. The van der Waals surface area contributed by atoms with Crippen LogP contribution in [0.3, 0.4) is 0 Å². The molecular formula is C18H23N3O3. The molecule has 1 atom stereocenters. The van der Waals surface area contributed by atoms with Crippen LogP contribution >= 0.6 is 0 Å². The van der Waals surface area contributed by atoms with Crippen molar-refractivity contribution >= 4 is 17.6 Å². The second-order valence-corrected chi connectivity index (χ2v) is 5.70. The lowest BCUT2D eigenvalue weighted by atomic mass is 9.97. The third-order valence-electron chi connectivity index (χ3n) is 4.01. The Bertz CT molecular complexity index is 723. The molecule has 128 valence electrons. The summed E-state index contributed by atoms with van der Waals surface area (Å²) in [6.07, 6.45) is 0.616. The number of nitrogens with one attached hydrogen (secondary N) is 1. The van der Waals surface area contributed by atoms with Crippen LogP contribution < -0.4 is 5.32 Å². The van der Waals surface area contributed by atoms with Crippen molar-refractivity contribution in [2.24, 2.45) is 7.05 Å². The Hall–Kier alpha value is -2.63. The van der Waals surface area contributed by atoms with Gasteiger partial charge < -0.3 is 10.1 Å². The molecule has 0 fully saturated rings. The number of carbonyl (C=O) groups is 2. The first kappa shape index (κ1) is 17.7. The molecule has 0 bridgehead atoms. The lowest BCUT2D eigenvalue weighted by Crippen LogP contribution is -2.24. The SMILES string of the molecule is CC[C@H](C(=O)OCC(=O)Nc1c(C)nn(C)c1C)c1ccccc1. The molecular weight excluding hydrogens is 306 g/mol. The molecule has 1 aromatic heterocycles. The minimum Gasteiger partial charge on any atom is -0.455 e. The standard InChI is InChI=1S/C18H23N3O3/c1-5-15(14-9-7-6-8-10-14)18(23)24-11-16(22)19-17-12(2)20-21(4)13(17)3/h6-10,15H,5,11H2,1-4H3,(H,19,22)/t15-/m0/s1. The van der Waals surface area contributed by atoms with Crippen LogP contribution in [0.4, 0.5) is 5.69 Å². The van der Waals surface area contributed by atoms with E-state index in [9.17, 15) is 9.59 Å². The van der Waals surface area contributed by atoms with E-state index in [1.165, 1.54) is 0 Å². The molecule has 0 aliphatic rings. The molecule has 24 heavy (non-hydrogen) atoms. The molecule has 2 rings (SSSR count). The molecule has 0 saturated heterocycles. The predicted octanol–water partition coefficient (Wildman–Crippen LogP) is 2.71. The Labute approximate surface area is 141 Å². The normalized spacial score (nSPS) is 11.8. The molecule has 0 spiro atoms. The first-order valence-corrected chi connectivity index (χ1v) is 7.95. The maximum Gasteiger partial charge on any atom is 0.313 e. The molecule has 0 aliphatic heterocycles. The monoisotopic (exact) mass is 329 g/mol. The van der Waals surface area contributed by atoms with E-state index in [2.05, 4.69) is 10.4 Å². The minimum absolute atomic E-state index is 0.310. The number of hydrogen-bond acceptors (Lipinski definition) is 4. The van der Waals surface area contributed by atoms with E-state index in [0.717, 1.165) is 17.0 Å². The van der Waals surface area contributed by atoms with Gasteiger partial charge in [0.2, 0.25) is 0 Å². The van der Waals surface area contributed by atoms with Gasteiger partial charge in [0.05, 0.1) is 23.0 Å². The lowest BCUT2D eigenvalue weighted by Gasteiger charge is -2.14. The Morgan fingerprint density at radius 2 is 1.92 bits per heavy atom. The first-order valence-electron chi connectivity index (χ1n) is 7.95. The molecule has 6 nitrogen and oxygen atoms in total. The summed E-state index contributed by atoms with van der Waals surface area (Å²) in [5.41, 5.74) is 3.13. The maximum absolute atomic E-state index is 12.3. The highest BCUT2D eigenvalue weighted by molar-refractivity contribution is 5.94. The van der Waals surface area contributed by atoms with Gasteiger partial charge in [0.1, 0.15) is 0 Å². The van der Waals surface area contributed by atoms with Crippen LogP contribution in [0.2, 0.25) is 0 Å². The van der Waals surface area contributed by atoms with E-state index in [0.29, 0.717) is 12.1 Å². The van der Waals surface area contributed by atoms with Gasteiger partial charge in [-0.3, -0.25) is 14.3 Å². The van der Waals surface area contributed by atoms with Crippen LogP contribution in [0.1, 0.15) is 36.2 Å². The molecule has 6 heteroatoms. The second-order valence-electron chi connectivity index (χ2n) is 5.70. The highest BCUT2D eigenvalue weighted by Gasteiger charge is 2.21. The van der Waals surface area contributed by atoms with E-state index >= 15 is 0 Å². The van der Waals surface area contributed by atoms with Gasteiger partial charge in [-0.2, -0.15) is 5.10 Å². The lowest BCUT2D eigenvalue weighted by molar-refractivity contribution is -0.149. The van der Waals surface area contributed by atoms with Crippen LogP contribution in [0.5, 0.6) is 0 Å². The first-order chi connectivity index (χ1) is 11.4. The van der Waals surface area contributed by atoms with Crippen molar-refractivity contribution in [3.8, 4) is 0 Å². The van der Waals surface area contributed by atoms with Crippen LogP contribution in [-0.2, 0) is 21.4 Å². The van der Waals surface area contributed by atoms with Gasteiger partial charge in [-0.1, -0.05) is 37.3 Å². The van der Waals surface area contributed by atoms with E-state index < -0.39 is 5.97 Å². The highest BCUT2D eigenvalue weighted by Crippen LogP contribution is 2.21. The van der Waals surface area contributed by atoms with Gasteiger partial charge in [0, 0.05) is 7.05 Å². The molecule has 0 unspecified atom stereocenters. The number of aromatic nitrogens is 2. The molecule has 1 heterocycles. The smallest absolute Gasteiger partial charge is 0.313 e. The summed E-state index contributed by atoms with van der Waals surface area (Å²) in [6.45, 7) is 5.29. The Balaban J connectivity index is 1.94. The number of ether oxygens (including phenoxy) is 1. The molecule has 1 amide bonds. The van der Waals surface area contributed by atoms with Crippen LogP contribution in [0.15, 0.2) is 30.3 Å². The fourth-order valence-electron chi connectivity index (χ4n) is 2.59. The van der Waals surface area contributed by atoms with E-state index in [1.807, 2.05) is 58.2 Å². The van der Waals surface area contributed by atoms with Gasteiger partial charge in [0.15, 0.2) is 6.61 Å². The van der Waals surface area contributed by atoms with Crippen molar-refractivity contribution in [2.75, 3.05) is 11.9 Å². The van der Waals surface area contributed by atoms with Crippen LogP contribution in [0.25, 0.3) is 0 Å². The number of esters is 1. The molecule has 1 aromatic carbocycles. The number of nitrogens with zero attached hydrogens (tertiary/aromatic N) is 2. The van der Waals surface area contributed by atoms with Crippen molar-refractivity contribution < 1.29 is 14.3 Å². The van der Waals surface area contributed by atoms with Gasteiger partial charge in [-0.15, -0.1) is 0 Å². The minimum atomic E-state index is -0.390. The number of rotatable bonds is 6. The third kappa shape index (κ3) is 4.01. The van der Waals surface area contributed by atoms with E-state index in [4.69, 9.17) is 4.74 Å². The van der Waals surface area contributed by atoms with E-state index in [1.54, 1.807) is 4.68 Å². The summed E-state index contributed by atoms with van der Waals surface area (Å²) in [4.78, 5) is 24.3. The summed E-state index contributed by atoms with van der Waals surface area (Å²) in [5.74, 6) is -1.12. The Morgan fingerprint density at radius 3 is 2.46 bits per heavy atom. The van der Waals surface area contributed by atoms with Crippen molar-refractivity contribution in [3.05, 3.63) is 47.3 Å². The van der Waals surface area contributed by atoms with Gasteiger partial charge >= 0.3 is 5.97 Å². The van der Waals surface area contributed by atoms with Gasteiger partial charge in [-0.25, -0.2) is 0 Å². The van der Waals surface area contributed by atoms with E-state index in [-0.39, 0.29) is 18.4 Å². The Morgan fingerprint density at radius 1 is 1.25 bits per heavy atom. The average Bonchev–Trinajstić information content (AvgIpc) is 2.81. The fourth-order valence-corrected chi connectivity index (χ4v) is 2.59. The van der Waals surface area contributed by atoms with Crippen molar-refractivity contribution in [1.29, 1.82) is 0 Å². The summed E-state index contributed by atoms with van der Waals surface area (Å²) in [6, 6.07) is 9.43. The van der Waals surface area contributed by atoms with Crippen molar-refractivity contribution in [2.45, 2.75) is 33.1 Å². The number of benzene rings is 1. The highest BCUT2D eigenvalue weighted by atomic mass is 16.5. The second kappa shape index (κ2) is 7.77. The summed E-state index contributed by atoms with van der Waals surface area (Å²) < 4.78 is 6.89. The van der Waals surface area contributed by atoms with Crippen molar-refractivity contribution in [1.82, 2.24) is 9.78 Å². The maximum atomic E-state index is 12.3. The third-order valence-corrected chi connectivity index (χ3v) is 4.01. The summed E-state index contributed by atoms with van der Waals surface area (Å²) >= 11 is 0. The number of amides is 1. The summed E-state index contributed by atoms with van der Waals surface area (Å²) in [7, 11) is 1.81. The number of aryl methyl sites for hydroxylation is 2. The molecule has 0 saturated carbocycles. The van der Waals surface area contributed by atoms with Crippen LogP contribution in [-0.4, -0.2) is 28.3 Å². The topological polar surface area (TPSA) is 73.2 Å². The molecule has 0 radical (unpaired) electrons. The molecule has 0 aliphatic carbocycles. The largest absolute Gasteiger partial charge is 0.455 e. The molecule has 2 aromatic rings. The number of hydrogen-bond donors (Lipinski definition) is 1. The zero-order valence-corrected chi connectivity index (χ0v) is 14.5.